The van der Waals surface area contributed by atoms with E-state index in [0.717, 1.165) is 25.7 Å². The number of fused-ring (bicyclic) bond motifs is 2. The molecule has 2 aliphatic carbocycles. The van der Waals surface area contributed by atoms with Crippen molar-refractivity contribution in [1.82, 2.24) is 20.2 Å². The molecule has 3 aromatic rings. The average molecular weight is 484 g/mol. The van der Waals surface area contributed by atoms with E-state index in [9.17, 15) is 9.50 Å². The lowest BCUT2D eigenvalue weighted by Gasteiger charge is -2.45. The lowest BCUT2D eigenvalue weighted by Crippen LogP contribution is -2.49. The summed E-state index contributed by atoms with van der Waals surface area (Å²) in [6.07, 6.45) is 7.62. The maximum atomic E-state index is 15.1. The van der Waals surface area contributed by atoms with Crippen molar-refractivity contribution >= 4 is 17.6 Å². The first-order chi connectivity index (χ1) is 16.4. The average Bonchev–Trinajstić information content (AvgIpc) is 2.85. The Bertz CT molecular complexity index is 1180. The summed E-state index contributed by atoms with van der Waals surface area (Å²) in [6, 6.07) is 7.88. The molecule has 178 valence electrons. The van der Waals surface area contributed by atoms with Crippen molar-refractivity contribution in [1.29, 1.82) is 0 Å². The van der Waals surface area contributed by atoms with Gasteiger partial charge in [-0.3, -0.25) is 0 Å². The second kappa shape index (κ2) is 9.44. The Morgan fingerprint density at radius 1 is 1.09 bits per heavy atom. The minimum Gasteiger partial charge on any atom is -0.507 e. The van der Waals surface area contributed by atoms with Crippen LogP contribution in [0.15, 0.2) is 41.6 Å². The van der Waals surface area contributed by atoms with Crippen LogP contribution in [0.5, 0.6) is 5.75 Å². The maximum Gasteiger partial charge on any atom is 0.214 e. The quantitative estimate of drug-likeness (QED) is 0.378. The molecule has 6 nitrogen and oxygen atoms in total. The fourth-order valence-corrected chi connectivity index (χ4v) is 5.78. The number of alkyl halides is 1. The van der Waals surface area contributed by atoms with Gasteiger partial charge in [-0.25, -0.2) is 14.4 Å². The molecule has 2 bridgehead atoms. The third kappa shape index (κ3) is 4.45. The second-order valence-corrected chi connectivity index (χ2v) is 10.1. The van der Waals surface area contributed by atoms with E-state index in [2.05, 4.69) is 20.2 Å². The fourth-order valence-electron chi connectivity index (χ4n) is 5.36. The molecule has 0 amide bonds. The molecule has 0 saturated heterocycles. The predicted molar refractivity (Wildman–Crippen MR) is 129 cm³/mol. The van der Waals surface area contributed by atoms with Gasteiger partial charge >= 0.3 is 0 Å². The number of aromatic hydroxyl groups is 1. The summed E-state index contributed by atoms with van der Waals surface area (Å²) >= 11 is 1.35. The number of aromatic nitrogens is 4. The first-order valence-corrected chi connectivity index (χ1v) is 12.8. The van der Waals surface area contributed by atoms with Crippen LogP contribution in [0.25, 0.3) is 22.5 Å². The van der Waals surface area contributed by atoms with Gasteiger partial charge in [0, 0.05) is 13.1 Å². The van der Waals surface area contributed by atoms with Crippen molar-refractivity contribution < 1.29 is 13.9 Å². The molecule has 2 saturated carbocycles. The van der Waals surface area contributed by atoms with Crippen LogP contribution in [0.2, 0.25) is 0 Å². The number of halogens is 2. The van der Waals surface area contributed by atoms with E-state index in [1.165, 1.54) is 24.2 Å². The van der Waals surface area contributed by atoms with E-state index in [1.54, 1.807) is 30.5 Å². The largest absolute Gasteiger partial charge is 0.507 e. The summed E-state index contributed by atoms with van der Waals surface area (Å²) in [7, 11) is 1.85. The van der Waals surface area contributed by atoms with Gasteiger partial charge in [-0.2, -0.15) is 4.39 Å². The fraction of sp³-hybridized carbons (Fsp3) is 0.440. The number of hydrogen-bond acceptors (Lipinski definition) is 7. The molecule has 9 heteroatoms. The maximum absolute atomic E-state index is 15.1. The molecule has 4 atom stereocenters. The SMILES string of the molecule is CSc1cc(-c2ccc(-c3ncc(N(C)[C@@H]4C[C@H]5CCC[C@H](C5)[C@@H]4F)nn3)c(O)c2)cc(F)n1. The van der Waals surface area contributed by atoms with Crippen molar-refractivity contribution in [2.24, 2.45) is 11.8 Å². The van der Waals surface area contributed by atoms with E-state index >= 15 is 4.39 Å². The smallest absolute Gasteiger partial charge is 0.214 e. The molecule has 5 rings (SSSR count). The van der Waals surface area contributed by atoms with Gasteiger partial charge < -0.3 is 10.0 Å². The summed E-state index contributed by atoms with van der Waals surface area (Å²) in [6.45, 7) is 0. The van der Waals surface area contributed by atoms with Crippen molar-refractivity contribution in [3.63, 3.8) is 0 Å². The number of hydrogen-bond donors (Lipinski definition) is 1. The van der Waals surface area contributed by atoms with Crippen LogP contribution in [0.3, 0.4) is 0 Å². The molecule has 1 aromatic carbocycles. The van der Waals surface area contributed by atoms with E-state index in [1.807, 2.05) is 18.2 Å². The highest BCUT2D eigenvalue weighted by Gasteiger charge is 2.42. The number of pyridine rings is 1. The molecule has 2 heterocycles. The van der Waals surface area contributed by atoms with Crippen molar-refractivity contribution in [3.8, 4) is 28.3 Å². The molecule has 0 spiro atoms. The van der Waals surface area contributed by atoms with Crippen LogP contribution < -0.4 is 4.90 Å². The van der Waals surface area contributed by atoms with Crippen LogP contribution in [0.1, 0.15) is 32.1 Å². The van der Waals surface area contributed by atoms with Crippen LogP contribution in [0.4, 0.5) is 14.6 Å². The summed E-state index contributed by atoms with van der Waals surface area (Å²) in [5.41, 5.74) is 1.69. The monoisotopic (exact) mass is 483 g/mol. The van der Waals surface area contributed by atoms with Gasteiger partial charge in [0.15, 0.2) is 11.6 Å². The Balaban J connectivity index is 1.36. The van der Waals surface area contributed by atoms with E-state index in [4.69, 9.17) is 0 Å². The minimum atomic E-state index is -0.871. The summed E-state index contributed by atoms with van der Waals surface area (Å²) < 4.78 is 29.0. The van der Waals surface area contributed by atoms with E-state index in [0.29, 0.717) is 33.5 Å². The van der Waals surface area contributed by atoms with Gasteiger partial charge in [-0.15, -0.1) is 22.0 Å². The van der Waals surface area contributed by atoms with E-state index in [-0.39, 0.29) is 23.5 Å². The number of nitrogens with zero attached hydrogens (tertiary/aromatic N) is 5. The molecular formula is C25H27F2N5OS. The van der Waals surface area contributed by atoms with Gasteiger partial charge in [0.05, 0.1) is 22.8 Å². The number of benzene rings is 1. The highest BCUT2D eigenvalue weighted by molar-refractivity contribution is 7.98. The second-order valence-electron chi connectivity index (χ2n) is 9.24. The van der Waals surface area contributed by atoms with Gasteiger partial charge in [0.2, 0.25) is 5.95 Å². The first-order valence-electron chi connectivity index (χ1n) is 11.5. The van der Waals surface area contributed by atoms with Crippen molar-refractivity contribution in [2.45, 2.75) is 49.3 Å². The number of thioether (sulfide) groups is 1. The zero-order chi connectivity index (χ0) is 23.8. The summed E-state index contributed by atoms with van der Waals surface area (Å²) in [5, 5.41) is 19.7. The molecule has 0 unspecified atom stereocenters. The Morgan fingerprint density at radius 2 is 1.94 bits per heavy atom. The standard InChI is InChI=1S/C25H27F2N5OS/c1-32(19-9-14-4-3-5-16(8-14)24(19)27)22-13-28-25(31-30-22)18-7-6-15(10-20(18)33)17-11-21(26)29-23(12-17)34-2/h6-7,10-14,16,19,24,33H,3-5,8-9H2,1-2H3/t14-,16+,19+,24-/m0/s1. The molecule has 0 aliphatic heterocycles. The van der Waals surface area contributed by atoms with Crippen LogP contribution in [0, 0.1) is 17.8 Å². The van der Waals surface area contributed by atoms with Crippen LogP contribution >= 0.6 is 11.8 Å². The molecule has 2 fully saturated rings. The zero-order valence-electron chi connectivity index (χ0n) is 19.2. The lowest BCUT2D eigenvalue weighted by atomic mass is 9.69. The van der Waals surface area contributed by atoms with Gasteiger partial charge in [-0.05, 0) is 66.7 Å². The van der Waals surface area contributed by atoms with Crippen LogP contribution in [-0.4, -0.2) is 50.8 Å². The number of phenolic OH excluding ortho intramolecular Hbond substituents is 1. The molecule has 34 heavy (non-hydrogen) atoms. The number of rotatable bonds is 5. The molecular weight excluding hydrogens is 456 g/mol. The first kappa shape index (κ1) is 23.0. The Kier molecular flexibility index (Phi) is 6.38. The predicted octanol–water partition coefficient (Wildman–Crippen LogP) is 5.52. The Labute approximate surface area is 201 Å². The molecule has 2 aromatic heterocycles. The topological polar surface area (TPSA) is 75.0 Å². The molecule has 1 N–H and O–H groups in total. The number of phenols is 1. The minimum absolute atomic E-state index is 0.0349. The molecule has 2 aliphatic rings. The Hall–Kier alpha value is -2.81. The van der Waals surface area contributed by atoms with Crippen molar-refractivity contribution in [3.05, 3.63) is 42.5 Å². The van der Waals surface area contributed by atoms with Crippen molar-refractivity contribution in [2.75, 3.05) is 18.2 Å². The molecule has 0 radical (unpaired) electrons. The highest BCUT2D eigenvalue weighted by Crippen LogP contribution is 2.43. The third-order valence-electron chi connectivity index (χ3n) is 7.18. The van der Waals surface area contributed by atoms with E-state index < -0.39 is 12.1 Å². The Morgan fingerprint density at radius 3 is 2.68 bits per heavy atom. The summed E-state index contributed by atoms with van der Waals surface area (Å²) in [4.78, 5) is 10.1. The number of anilines is 1. The van der Waals surface area contributed by atoms with Gasteiger partial charge in [0.25, 0.3) is 0 Å². The van der Waals surface area contributed by atoms with Gasteiger partial charge in [-0.1, -0.05) is 18.9 Å². The normalized spacial score (nSPS) is 24.1. The lowest BCUT2D eigenvalue weighted by molar-refractivity contribution is 0.0656. The zero-order valence-corrected chi connectivity index (χ0v) is 20.0. The third-order valence-corrected chi connectivity index (χ3v) is 7.80. The van der Waals surface area contributed by atoms with Gasteiger partial charge in [0.1, 0.15) is 11.9 Å². The highest BCUT2D eigenvalue weighted by atomic mass is 32.2. The van der Waals surface area contributed by atoms with Crippen LogP contribution in [-0.2, 0) is 0 Å². The summed E-state index contributed by atoms with van der Waals surface area (Å²) in [5.74, 6) is 0.891.